The van der Waals surface area contributed by atoms with Crippen molar-refractivity contribution in [3.63, 3.8) is 0 Å². The van der Waals surface area contributed by atoms with Crippen molar-refractivity contribution in [1.82, 2.24) is 20.8 Å². The first-order valence-corrected chi connectivity index (χ1v) is 11.9. The Labute approximate surface area is 185 Å². The maximum absolute atomic E-state index is 12.5. The molecular weight excluding hydrogens is 444 g/mol. The number of hydroxylamine groups is 1. The van der Waals surface area contributed by atoms with E-state index in [1.807, 2.05) is 17.5 Å². The van der Waals surface area contributed by atoms with E-state index in [0.29, 0.717) is 18.7 Å². The van der Waals surface area contributed by atoms with Crippen molar-refractivity contribution in [3.05, 3.63) is 46.7 Å². The third-order valence-electron chi connectivity index (χ3n) is 4.29. The predicted octanol–water partition coefficient (Wildman–Crippen LogP) is 1.23. The summed E-state index contributed by atoms with van der Waals surface area (Å²) >= 11 is 1.62. The first-order valence-electron chi connectivity index (χ1n) is 9.50. The molecule has 1 atom stereocenters. The highest BCUT2D eigenvalue weighted by atomic mass is 32.2. The first kappa shape index (κ1) is 24.6. The van der Waals surface area contributed by atoms with Crippen molar-refractivity contribution in [2.24, 2.45) is 0 Å². The predicted molar refractivity (Wildman–Crippen MR) is 116 cm³/mol. The number of carbonyl (C=O) groups is 2. The van der Waals surface area contributed by atoms with Gasteiger partial charge in [0.15, 0.2) is 0 Å². The molecule has 0 saturated heterocycles. The van der Waals surface area contributed by atoms with Crippen molar-refractivity contribution < 1.29 is 28.0 Å². The molecule has 10 nitrogen and oxygen atoms in total. The zero-order valence-corrected chi connectivity index (χ0v) is 18.6. The number of urea groups is 1. The fraction of sp³-hybridized carbons (Fsp3) is 0.368. The number of benzene rings is 1. The van der Waals surface area contributed by atoms with Crippen molar-refractivity contribution >= 4 is 33.3 Å². The molecule has 0 aliphatic carbocycles. The molecule has 0 spiro atoms. The van der Waals surface area contributed by atoms with Crippen LogP contribution in [0.4, 0.5) is 4.79 Å². The van der Waals surface area contributed by atoms with Gasteiger partial charge < -0.3 is 15.4 Å². The van der Waals surface area contributed by atoms with Gasteiger partial charge in [0.05, 0.1) is 12.0 Å². The smallest absolute Gasteiger partial charge is 0.314 e. The van der Waals surface area contributed by atoms with E-state index in [2.05, 4.69) is 15.4 Å². The van der Waals surface area contributed by atoms with E-state index in [-0.39, 0.29) is 23.9 Å². The second-order valence-electron chi connectivity index (χ2n) is 6.48. The van der Waals surface area contributed by atoms with E-state index in [9.17, 15) is 18.0 Å². The Morgan fingerprint density at radius 2 is 1.84 bits per heavy atom. The van der Waals surface area contributed by atoms with Crippen molar-refractivity contribution in [1.29, 1.82) is 0 Å². The monoisotopic (exact) mass is 470 g/mol. The fourth-order valence-corrected chi connectivity index (χ4v) is 4.60. The molecular formula is C19H26N4O6S2. The average molecular weight is 471 g/mol. The van der Waals surface area contributed by atoms with Gasteiger partial charge in [0.1, 0.15) is 11.8 Å². The lowest BCUT2D eigenvalue weighted by atomic mass is 10.1. The summed E-state index contributed by atoms with van der Waals surface area (Å²) in [6.45, 7) is 0.716. The van der Waals surface area contributed by atoms with E-state index in [4.69, 9.17) is 9.94 Å². The van der Waals surface area contributed by atoms with Crippen molar-refractivity contribution in [3.8, 4) is 5.75 Å². The summed E-state index contributed by atoms with van der Waals surface area (Å²) in [5.41, 5.74) is 1.46. The fourth-order valence-electron chi connectivity index (χ4n) is 2.66. The van der Waals surface area contributed by atoms with Gasteiger partial charge in [-0.15, -0.1) is 11.3 Å². The molecule has 1 aromatic heterocycles. The first-order chi connectivity index (χ1) is 14.9. The Morgan fingerprint density at radius 3 is 2.45 bits per heavy atom. The Balaban J connectivity index is 1.80. The quantitative estimate of drug-likeness (QED) is 0.179. The van der Waals surface area contributed by atoms with Crippen LogP contribution in [-0.4, -0.2) is 51.8 Å². The lowest BCUT2D eigenvalue weighted by Crippen LogP contribution is -2.46. The van der Waals surface area contributed by atoms with Gasteiger partial charge in [-0.2, -0.15) is 4.72 Å². The Morgan fingerprint density at radius 1 is 1.13 bits per heavy atom. The molecule has 0 fully saturated rings. The number of thiophene rings is 1. The minimum absolute atomic E-state index is 0.0488. The van der Waals surface area contributed by atoms with Gasteiger partial charge in [-0.3, -0.25) is 10.0 Å². The van der Waals surface area contributed by atoms with E-state index in [1.165, 1.54) is 41.7 Å². The van der Waals surface area contributed by atoms with E-state index in [1.54, 1.807) is 11.3 Å². The van der Waals surface area contributed by atoms with Gasteiger partial charge in [0, 0.05) is 18.0 Å². The average Bonchev–Trinajstić information content (AvgIpc) is 3.28. The van der Waals surface area contributed by atoms with Crippen LogP contribution < -0.4 is 25.6 Å². The third kappa shape index (κ3) is 8.17. The SMILES string of the molecule is COc1ccc(S(=O)(=O)N[C@@H](CCCNC(=O)NCCc2cccs2)C(=O)NO)cc1. The highest BCUT2D eigenvalue weighted by Crippen LogP contribution is 2.16. The Kier molecular flexibility index (Phi) is 9.72. The number of ether oxygens (including phenoxy) is 1. The summed E-state index contributed by atoms with van der Waals surface area (Å²) < 4.78 is 32.3. The standard InChI is InChI=1S/C19H26N4O6S2/c1-29-14-6-8-16(9-7-14)31(27,28)23-17(18(24)22-26)5-2-11-20-19(25)21-12-10-15-4-3-13-30-15/h3-4,6-9,13,17,23,26H,2,5,10-12H2,1H3,(H,22,24)(H2,20,21,25)/t17-/m0/s1. The minimum Gasteiger partial charge on any atom is -0.497 e. The molecule has 31 heavy (non-hydrogen) atoms. The molecule has 2 aromatic rings. The molecule has 0 aliphatic rings. The molecule has 0 radical (unpaired) electrons. The number of rotatable bonds is 12. The maximum atomic E-state index is 12.5. The molecule has 1 heterocycles. The molecule has 0 bridgehead atoms. The Hall–Kier alpha value is -2.67. The second kappa shape index (κ2) is 12.2. The van der Waals surface area contributed by atoms with E-state index < -0.39 is 22.0 Å². The van der Waals surface area contributed by atoms with E-state index in [0.717, 1.165) is 6.42 Å². The number of nitrogens with one attached hydrogen (secondary N) is 4. The molecule has 0 aliphatic heterocycles. The van der Waals surface area contributed by atoms with Crippen molar-refractivity contribution in [2.75, 3.05) is 20.2 Å². The highest BCUT2D eigenvalue weighted by Gasteiger charge is 2.25. The number of amides is 3. The van der Waals surface area contributed by atoms with E-state index >= 15 is 0 Å². The summed E-state index contributed by atoms with van der Waals surface area (Å²) in [4.78, 5) is 24.8. The van der Waals surface area contributed by atoms with Gasteiger partial charge >= 0.3 is 6.03 Å². The van der Waals surface area contributed by atoms with Crippen molar-refractivity contribution in [2.45, 2.75) is 30.2 Å². The number of carbonyl (C=O) groups excluding carboxylic acids is 2. The zero-order valence-electron chi connectivity index (χ0n) is 17.0. The number of methoxy groups -OCH3 is 1. The molecule has 170 valence electrons. The zero-order chi connectivity index (χ0) is 22.7. The van der Waals surface area contributed by atoms with Crippen LogP contribution in [0.3, 0.4) is 0 Å². The molecule has 2 rings (SSSR count). The summed E-state index contributed by atoms with van der Waals surface area (Å²) in [5, 5.41) is 16.3. The molecule has 12 heteroatoms. The lowest BCUT2D eigenvalue weighted by Gasteiger charge is -2.17. The second-order valence-corrected chi connectivity index (χ2v) is 9.23. The molecule has 0 unspecified atom stereocenters. The highest BCUT2D eigenvalue weighted by molar-refractivity contribution is 7.89. The van der Waals surface area contributed by atoms with Crippen LogP contribution >= 0.6 is 11.3 Å². The van der Waals surface area contributed by atoms with Gasteiger partial charge in [-0.05, 0) is 55.0 Å². The summed E-state index contributed by atoms with van der Waals surface area (Å²) in [7, 11) is -2.54. The van der Waals surface area contributed by atoms with Gasteiger partial charge in [0.2, 0.25) is 10.0 Å². The number of hydrogen-bond donors (Lipinski definition) is 5. The van der Waals surface area contributed by atoms with Crippen LogP contribution in [0.15, 0.2) is 46.7 Å². The van der Waals surface area contributed by atoms with Gasteiger partial charge in [0.25, 0.3) is 5.91 Å². The van der Waals surface area contributed by atoms with Gasteiger partial charge in [-0.1, -0.05) is 6.07 Å². The van der Waals surface area contributed by atoms with Crippen LogP contribution in [0.1, 0.15) is 17.7 Å². The normalized spacial score (nSPS) is 12.1. The van der Waals surface area contributed by atoms with Crippen LogP contribution in [0.25, 0.3) is 0 Å². The Bertz CT molecular complexity index is 933. The summed E-state index contributed by atoms with van der Waals surface area (Å²) in [6, 6.07) is 8.03. The topological polar surface area (TPSA) is 146 Å². The van der Waals surface area contributed by atoms with Crippen LogP contribution in [0, 0.1) is 0 Å². The number of sulfonamides is 1. The minimum atomic E-state index is -4.00. The molecule has 3 amide bonds. The molecule has 5 N–H and O–H groups in total. The molecule has 0 saturated carbocycles. The van der Waals surface area contributed by atoms with Crippen LogP contribution in [0.2, 0.25) is 0 Å². The number of hydrogen-bond acceptors (Lipinski definition) is 7. The molecule has 1 aromatic carbocycles. The summed E-state index contributed by atoms with van der Waals surface area (Å²) in [6.07, 6.45) is 1.11. The third-order valence-corrected chi connectivity index (χ3v) is 6.71. The van der Waals surface area contributed by atoms with Gasteiger partial charge in [-0.25, -0.2) is 18.7 Å². The van der Waals surface area contributed by atoms with Crippen LogP contribution in [0.5, 0.6) is 5.75 Å². The van der Waals surface area contributed by atoms with Crippen LogP contribution in [-0.2, 0) is 21.2 Å². The maximum Gasteiger partial charge on any atom is 0.314 e. The largest absolute Gasteiger partial charge is 0.497 e. The lowest BCUT2D eigenvalue weighted by molar-refractivity contribution is -0.131. The summed E-state index contributed by atoms with van der Waals surface area (Å²) in [5.74, 6) is -0.402.